The van der Waals surface area contributed by atoms with Crippen LogP contribution in [0.25, 0.3) is 5.69 Å². The molecular formula is C22H18F4N4O2. The van der Waals surface area contributed by atoms with E-state index in [1.807, 2.05) is 0 Å². The van der Waals surface area contributed by atoms with Crippen molar-refractivity contribution in [3.8, 4) is 5.69 Å². The summed E-state index contributed by atoms with van der Waals surface area (Å²) < 4.78 is 54.9. The Balaban J connectivity index is 1.42. The third-order valence-corrected chi connectivity index (χ3v) is 5.25. The zero-order valence-electron chi connectivity index (χ0n) is 16.6. The fourth-order valence-corrected chi connectivity index (χ4v) is 3.64. The topological polar surface area (TPSA) is 67.2 Å². The number of halogens is 4. The van der Waals surface area contributed by atoms with Gasteiger partial charge in [0.25, 0.3) is 5.91 Å². The summed E-state index contributed by atoms with van der Waals surface area (Å²) in [5.74, 6) is -2.06. The molecule has 2 aromatic carbocycles. The molecule has 0 radical (unpaired) electrons. The van der Waals surface area contributed by atoms with Gasteiger partial charge in [0.1, 0.15) is 11.5 Å². The molecule has 0 unspecified atom stereocenters. The number of hydrogen-bond donors (Lipinski definition) is 1. The van der Waals surface area contributed by atoms with Gasteiger partial charge in [-0.3, -0.25) is 9.59 Å². The SMILES string of the molecule is O=C(Nc1ccn(-c2ccccc2F)n1)[C@H]1CCN(C(=O)c2ccccc2C(F)(F)F)C1. The van der Waals surface area contributed by atoms with Gasteiger partial charge in [0.2, 0.25) is 5.91 Å². The van der Waals surface area contributed by atoms with Crippen molar-refractivity contribution in [3.63, 3.8) is 0 Å². The predicted octanol–water partition coefficient (Wildman–Crippen LogP) is 4.13. The minimum absolute atomic E-state index is 0.00905. The average molecular weight is 446 g/mol. The number of aromatic nitrogens is 2. The number of carbonyl (C=O) groups excluding carboxylic acids is 2. The minimum atomic E-state index is -4.65. The largest absolute Gasteiger partial charge is 0.417 e. The fourth-order valence-electron chi connectivity index (χ4n) is 3.64. The van der Waals surface area contributed by atoms with Gasteiger partial charge in [-0.15, -0.1) is 5.10 Å². The number of benzene rings is 2. The summed E-state index contributed by atoms with van der Waals surface area (Å²) >= 11 is 0. The van der Waals surface area contributed by atoms with E-state index in [9.17, 15) is 27.2 Å². The first kappa shape index (κ1) is 21.5. The van der Waals surface area contributed by atoms with Crippen molar-refractivity contribution in [2.75, 3.05) is 18.4 Å². The van der Waals surface area contributed by atoms with Crippen LogP contribution in [0, 0.1) is 11.7 Å². The van der Waals surface area contributed by atoms with E-state index >= 15 is 0 Å². The Morgan fingerprint density at radius 3 is 2.50 bits per heavy atom. The molecule has 2 heterocycles. The lowest BCUT2D eigenvalue weighted by atomic mass is 10.1. The zero-order chi connectivity index (χ0) is 22.9. The molecule has 0 spiro atoms. The number of anilines is 1. The third kappa shape index (κ3) is 4.34. The summed E-state index contributed by atoms with van der Waals surface area (Å²) in [5, 5.41) is 6.75. The first-order chi connectivity index (χ1) is 15.2. The van der Waals surface area contributed by atoms with Crippen molar-refractivity contribution in [3.05, 3.63) is 77.7 Å². The maximum absolute atomic E-state index is 13.9. The monoisotopic (exact) mass is 446 g/mol. The van der Waals surface area contributed by atoms with Gasteiger partial charge >= 0.3 is 6.18 Å². The van der Waals surface area contributed by atoms with Crippen LogP contribution >= 0.6 is 0 Å². The molecule has 1 saturated heterocycles. The highest BCUT2D eigenvalue weighted by Gasteiger charge is 2.38. The molecule has 3 aromatic rings. The van der Waals surface area contributed by atoms with Crippen LogP contribution in [0.3, 0.4) is 0 Å². The molecule has 0 bridgehead atoms. The molecule has 166 valence electrons. The molecule has 1 aliphatic rings. The second kappa shape index (κ2) is 8.45. The zero-order valence-corrected chi connectivity index (χ0v) is 16.6. The summed E-state index contributed by atoms with van der Waals surface area (Å²) in [7, 11) is 0. The summed E-state index contributed by atoms with van der Waals surface area (Å²) in [4.78, 5) is 26.5. The van der Waals surface area contributed by atoms with Crippen LogP contribution < -0.4 is 5.32 Å². The van der Waals surface area contributed by atoms with E-state index in [0.29, 0.717) is 6.42 Å². The van der Waals surface area contributed by atoms with E-state index in [0.717, 1.165) is 12.1 Å². The first-order valence-electron chi connectivity index (χ1n) is 9.81. The van der Waals surface area contributed by atoms with Crippen molar-refractivity contribution in [1.29, 1.82) is 0 Å². The number of alkyl halides is 3. The molecule has 32 heavy (non-hydrogen) atoms. The quantitative estimate of drug-likeness (QED) is 0.613. The van der Waals surface area contributed by atoms with Gasteiger partial charge in [-0.25, -0.2) is 9.07 Å². The van der Waals surface area contributed by atoms with Crippen LogP contribution in [0.15, 0.2) is 60.8 Å². The van der Waals surface area contributed by atoms with E-state index in [1.54, 1.807) is 12.1 Å². The summed E-state index contributed by atoms with van der Waals surface area (Å²) in [6.07, 6.45) is -2.85. The van der Waals surface area contributed by atoms with Gasteiger partial charge in [0.15, 0.2) is 5.82 Å². The number of nitrogens with one attached hydrogen (secondary N) is 1. The second-order valence-corrected chi connectivity index (χ2v) is 7.37. The Hall–Kier alpha value is -3.69. The molecule has 1 fully saturated rings. The maximum atomic E-state index is 13.9. The normalized spacial score (nSPS) is 16.2. The molecule has 6 nitrogen and oxygen atoms in total. The Bertz CT molecular complexity index is 1160. The molecule has 4 rings (SSSR count). The molecule has 1 N–H and O–H groups in total. The number of nitrogens with zero attached hydrogens (tertiary/aromatic N) is 3. The van der Waals surface area contributed by atoms with E-state index in [2.05, 4.69) is 10.4 Å². The highest BCUT2D eigenvalue weighted by Crippen LogP contribution is 2.33. The average Bonchev–Trinajstić information content (AvgIpc) is 3.43. The van der Waals surface area contributed by atoms with Crippen LogP contribution in [-0.4, -0.2) is 39.6 Å². The van der Waals surface area contributed by atoms with Crippen molar-refractivity contribution >= 4 is 17.6 Å². The highest BCUT2D eigenvalue weighted by atomic mass is 19.4. The Morgan fingerprint density at radius 1 is 1.03 bits per heavy atom. The fraction of sp³-hybridized carbons (Fsp3) is 0.227. The Kier molecular flexibility index (Phi) is 5.68. The highest BCUT2D eigenvalue weighted by molar-refractivity contribution is 5.97. The number of para-hydroxylation sites is 1. The molecule has 0 aliphatic carbocycles. The molecule has 2 amide bonds. The standard InChI is InChI=1S/C22H18F4N4O2/c23-17-7-3-4-8-18(17)30-12-10-19(28-30)27-20(31)14-9-11-29(13-14)21(32)15-5-1-2-6-16(15)22(24,25)26/h1-8,10,12,14H,9,11,13H2,(H,27,28,31)/t14-/m0/s1. The van der Waals surface area contributed by atoms with Crippen LogP contribution in [0.2, 0.25) is 0 Å². The van der Waals surface area contributed by atoms with Crippen molar-refractivity contribution in [1.82, 2.24) is 14.7 Å². The first-order valence-corrected chi connectivity index (χ1v) is 9.81. The van der Waals surface area contributed by atoms with Crippen molar-refractivity contribution < 1.29 is 27.2 Å². The van der Waals surface area contributed by atoms with Crippen LogP contribution in [0.4, 0.5) is 23.4 Å². The predicted molar refractivity (Wildman–Crippen MR) is 108 cm³/mol. The van der Waals surface area contributed by atoms with Gasteiger partial charge in [-0.1, -0.05) is 24.3 Å². The Labute approximate surface area is 180 Å². The molecular weight excluding hydrogens is 428 g/mol. The number of rotatable bonds is 4. The van der Waals surface area contributed by atoms with Gasteiger partial charge in [0.05, 0.1) is 17.0 Å². The number of carbonyl (C=O) groups is 2. The van der Waals surface area contributed by atoms with Crippen LogP contribution in [0.5, 0.6) is 0 Å². The van der Waals surface area contributed by atoms with E-state index in [-0.39, 0.29) is 24.6 Å². The van der Waals surface area contributed by atoms with E-state index in [1.165, 1.54) is 46.1 Å². The minimum Gasteiger partial charge on any atom is -0.338 e. The number of hydrogen-bond acceptors (Lipinski definition) is 3. The third-order valence-electron chi connectivity index (χ3n) is 5.25. The lowest BCUT2D eigenvalue weighted by Gasteiger charge is -2.19. The number of amides is 2. The molecule has 1 aromatic heterocycles. The molecule has 0 saturated carbocycles. The van der Waals surface area contributed by atoms with Crippen LogP contribution in [-0.2, 0) is 11.0 Å². The lowest BCUT2D eigenvalue weighted by molar-refractivity contribution is -0.138. The lowest BCUT2D eigenvalue weighted by Crippen LogP contribution is -2.32. The summed E-state index contributed by atoms with van der Waals surface area (Å²) in [6, 6.07) is 12.1. The van der Waals surface area contributed by atoms with Crippen molar-refractivity contribution in [2.24, 2.45) is 5.92 Å². The number of likely N-dealkylation sites (tertiary alicyclic amines) is 1. The Morgan fingerprint density at radius 2 is 1.75 bits per heavy atom. The van der Waals surface area contributed by atoms with Crippen LogP contribution in [0.1, 0.15) is 22.3 Å². The van der Waals surface area contributed by atoms with E-state index < -0.39 is 40.9 Å². The summed E-state index contributed by atoms with van der Waals surface area (Å²) in [5.41, 5.74) is -1.23. The smallest absolute Gasteiger partial charge is 0.338 e. The summed E-state index contributed by atoms with van der Waals surface area (Å²) in [6.45, 7) is 0.150. The maximum Gasteiger partial charge on any atom is 0.417 e. The molecule has 1 atom stereocenters. The van der Waals surface area contributed by atoms with Gasteiger partial charge < -0.3 is 10.2 Å². The molecule has 1 aliphatic heterocycles. The van der Waals surface area contributed by atoms with Gasteiger partial charge in [0, 0.05) is 25.4 Å². The van der Waals surface area contributed by atoms with E-state index in [4.69, 9.17) is 0 Å². The molecule has 10 heteroatoms. The second-order valence-electron chi connectivity index (χ2n) is 7.37. The van der Waals surface area contributed by atoms with Crippen molar-refractivity contribution in [2.45, 2.75) is 12.6 Å². The van der Waals surface area contributed by atoms with Gasteiger partial charge in [-0.05, 0) is 30.7 Å². The van der Waals surface area contributed by atoms with Gasteiger partial charge in [-0.2, -0.15) is 13.2 Å².